The van der Waals surface area contributed by atoms with Crippen LogP contribution in [0.5, 0.6) is 0 Å². The maximum Gasteiger partial charge on any atom is 0.241 e. The van der Waals surface area contributed by atoms with E-state index in [0.717, 1.165) is 12.1 Å². The number of aromatic nitrogens is 2. The molecule has 0 radical (unpaired) electrons. The summed E-state index contributed by atoms with van der Waals surface area (Å²) in [5, 5.41) is 4.08. The zero-order chi connectivity index (χ0) is 18.5. The summed E-state index contributed by atoms with van der Waals surface area (Å²) in [5.74, 6) is 1.72. The first-order valence-corrected chi connectivity index (χ1v) is 8.99. The highest BCUT2D eigenvalue weighted by molar-refractivity contribution is 5.79. The molecule has 2 heterocycles. The number of amides is 1. The van der Waals surface area contributed by atoms with Crippen LogP contribution in [0.15, 0.2) is 28.8 Å². The van der Waals surface area contributed by atoms with Crippen LogP contribution in [0.1, 0.15) is 31.2 Å². The lowest BCUT2D eigenvalue weighted by Crippen LogP contribution is -2.50. The Labute approximate surface area is 153 Å². The number of benzene rings is 1. The quantitative estimate of drug-likeness (QED) is 0.755. The Morgan fingerprint density at radius 1 is 1.23 bits per heavy atom. The predicted molar refractivity (Wildman–Crippen MR) is 97.6 cm³/mol. The molecule has 0 unspecified atom stereocenters. The number of carbonyl (C=O) groups excluding carboxylic acids is 1. The Kier molecular flexibility index (Phi) is 6.00. The third kappa shape index (κ3) is 4.47. The van der Waals surface area contributed by atoms with Crippen molar-refractivity contribution in [2.75, 3.05) is 39.9 Å². The van der Waals surface area contributed by atoms with E-state index < -0.39 is 0 Å². The Balaban J connectivity index is 1.58. The molecule has 26 heavy (non-hydrogen) atoms. The van der Waals surface area contributed by atoms with E-state index in [4.69, 9.17) is 9.26 Å². The van der Waals surface area contributed by atoms with Crippen LogP contribution in [-0.4, -0.2) is 65.7 Å². The molecule has 3 rings (SSSR count). The van der Waals surface area contributed by atoms with Gasteiger partial charge in [0.05, 0.1) is 19.7 Å². The van der Waals surface area contributed by atoms with E-state index in [0.29, 0.717) is 50.4 Å². The van der Waals surface area contributed by atoms with Gasteiger partial charge in [0.25, 0.3) is 0 Å². The predicted octanol–water partition coefficient (Wildman–Crippen LogP) is 2.15. The third-order valence-corrected chi connectivity index (χ3v) is 4.63. The second-order valence-electron chi connectivity index (χ2n) is 6.87. The number of methoxy groups -OCH3 is 1. The molecule has 1 aromatic carbocycles. The second-order valence-corrected chi connectivity index (χ2v) is 6.87. The van der Waals surface area contributed by atoms with Crippen molar-refractivity contribution in [3.05, 3.63) is 35.7 Å². The van der Waals surface area contributed by atoms with Gasteiger partial charge in [0, 0.05) is 32.3 Å². The molecule has 1 aliphatic rings. The molecule has 7 nitrogen and oxygen atoms in total. The molecule has 0 saturated carbocycles. The molecule has 0 spiro atoms. The van der Waals surface area contributed by atoms with Gasteiger partial charge in [-0.25, -0.2) is 0 Å². The average molecular weight is 358 g/mol. The van der Waals surface area contributed by atoms with E-state index >= 15 is 0 Å². The van der Waals surface area contributed by atoms with Crippen molar-refractivity contribution < 1.29 is 14.1 Å². The van der Waals surface area contributed by atoms with E-state index in [9.17, 15) is 4.79 Å². The summed E-state index contributed by atoms with van der Waals surface area (Å²) < 4.78 is 10.4. The Morgan fingerprint density at radius 2 is 2.00 bits per heavy atom. The zero-order valence-electron chi connectivity index (χ0n) is 15.6. The van der Waals surface area contributed by atoms with Crippen LogP contribution in [0.3, 0.4) is 0 Å². The second kappa shape index (κ2) is 8.42. The highest BCUT2D eigenvalue weighted by Crippen LogP contribution is 2.21. The fraction of sp³-hybridized carbons (Fsp3) is 0.526. The van der Waals surface area contributed by atoms with Gasteiger partial charge in [0.15, 0.2) is 0 Å². The van der Waals surface area contributed by atoms with E-state index in [1.807, 2.05) is 21.9 Å². The van der Waals surface area contributed by atoms with Gasteiger partial charge >= 0.3 is 0 Å². The van der Waals surface area contributed by atoms with Gasteiger partial charge in [-0.2, -0.15) is 4.98 Å². The standard InChI is InChI=1S/C19H26N4O3/c1-14(2)15-4-6-16(7-5-15)19-20-17(26-21-19)12-22-8-9-23(10-11-25-3)18(24)13-22/h4-7,14H,8-13H2,1-3H3. The van der Waals surface area contributed by atoms with Crippen LogP contribution in [0.25, 0.3) is 11.4 Å². The van der Waals surface area contributed by atoms with E-state index in [-0.39, 0.29) is 5.91 Å². The van der Waals surface area contributed by atoms with Gasteiger partial charge < -0.3 is 14.2 Å². The fourth-order valence-electron chi connectivity index (χ4n) is 2.97. The average Bonchev–Trinajstić information content (AvgIpc) is 3.09. The fourth-order valence-corrected chi connectivity index (χ4v) is 2.97. The maximum atomic E-state index is 12.2. The summed E-state index contributed by atoms with van der Waals surface area (Å²) >= 11 is 0. The topological polar surface area (TPSA) is 71.7 Å². The van der Waals surface area contributed by atoms with E-state index in [1.165, 1.54) is 5.56 Å². The minimum Gasteiger partial charge on any atom is -0.383 e. The highest BCUT2D eigenvalue weighted by atomic mass is 16.5. The van der Waals surface area contributed by atoms with Gasteiger partial charge in [-0.15, -0.1) is 0 Å². The van der Waals surface area contributed by atoms with Crippen LogP contribution in [0.2, 0.25) is 0 Å². The molecule has 0 bridgehead atoms. The lowest BCUT2D eigenvalue weighted by Gasteiger charge is -2.33. The van der Waals surface area contributed by atoms with Crippen molar-refractivity contribution >= 4 is 5.91 Å². The molecule has 1 saturated heterocycles. The molecule has 1 amide bonds. The third-order valence-electron chi connectivity index (χ3n) is 4.63. The van der Waals surface area contributed by atoms with Gasteiger partial charge in [-0.1, -0.05) is 43.3 Å². The Hall–Kier alpha value is -2.25. The lowest BCUT2D eigenvalue weighted by molar-refractivity contribution is -0.137. The summed E-state index contributed by atoms with van der Waals surface area (Å²) in [5.41, 5.74) is 2.21. The molecule has 1 aromatic heterocycles. The normalized spacial score (nSPS) is 15.8. The number of ether oxygens (including phenoxy) is 1. The summed E-state index contributed by atoms with van der Waals surface area (Å²) in [4.78, 5) is 20.5. The molecule has 1 fully saturated rings. The number of piperazine rings is 1. The van der Waals surface area contributed by atoms with Crippen molar-refractivity contribution in [3.8, 4) is 11.4 Å². The van der Waals surface area contributed by atoms with Crippen molar-refractivity contribution in [2.24, 2.45) is 0 Å². The monoisotopic (exact) mass is 358 g/mol. The number of rotatable bonds is 7. The number of hydrogen-bond donors (Lipinski definition) is 0. The van der Waals surface area contributed by atoms with Crippen molar-refractivity contribution in [2.45, 2.75) is 26.3 Å². The molecule has 0 atom stereocenters. The van der Waals surface area contributed by atoms with Crippen LogP contribution >= 0.6 is 0 Å². The van der Waals surface area contributed by atoms with Crippen LogP contribution in [0.4, 0.5) is 0 Å². The number of nitrogens with zero attached hydrogens (tertiary/aromatic N) is 4. The Bertz CT molecular complexity index is 727. The first kappa shape index (κ1) is 18.5. The largest absolute Gasteiger partial charge is 0.383 e. The minimum atomic E-state index is 0.109. The Morgan fingerprint density at radius 3 is 2.65 bits per heavy atom. The summed E-state index contributed by atoms with van der Waals surface area (Å²) in [6.07, 6.45) is 0. The molecular weight excluding hydrogens is 332 g/mol. The summed E-state index contributed by atoms with van der Waals surface area (Å²) in [6, 6.07) is 8.21. The maximum absolute atomic E-state index is 12.2. The van der Waals surface area contributed by atoms with Crippen LogP contribution in [0, 0.1) is 0 Å². The first-order valence-electron chi connectivity index (χ1n) is 8.99. The van der Waals surface area contributed by atoms with Gasteiger partial charge in [-0.3, -0.25) is 9.69 Å². The highest BCUT2D eigenvalue weighted by Gasteiger charge is 2.25. The lowest BCUT2D eigenvalue weighted by atomic mass is 10.0. The van der Waals surface area contributed by atoms with E-state index in [1.54, 1.807) is 7.11 Å². The van der Waals surface area contributed by atoms with Crippen molar-refractivity contribution in [3.63, 3.8) is 0 Å². The zero-order valence-corrected chi connectivity index (χ0v) is 15.6. The van der Waals surface area contributed by atoms with Crippen molar-refractivity contribution in [1.82, 2.24) is 19.9 Å². The molecule has 1 aliphatic heterocycles. The molecule has 0 N–H and O–H groups in total. The molecule has 140 valence electrons. The van der Waals surface area contributed by atoms with Crippen LogP contribution < -0.4 is 0 Å². The number of carbonyl (C=O) groups is 1. The SMILES string of the molecule is COCCN1CCN(Cc2nc(-c3ccc(C(C)C)cc3)no2)CC1=O. The minimum absolute atomic E-state index is 0.109. The van der Waals surface area contributed by atoms with Gasteiger partial charge in [0.1, 0.15) is 0 Å². The number of hydrogen-bond acceptors (Lipinski definition) is 6. The van der Waals surface area contributed by atoms with Crippen molar-refractivity contribution in [1.29, 1.82) is 0 Å². The summed E-state index contributed by atoms with van der Waals surface area (Å²) in [7, 11) is 1.64. The van der Waals surface area contributed by atoms with Crippen LogP contribution in [-0.2, 0) is 16.1 Å². The molecular formula is C19H26N4O3. The molecule has 7 heteroatoms. The van der Waals surface area contributed by atoms with Gasteiger partial charge in [-0.05, 0) is 11.5 Å². The van der Waals surface area contributed by atoms with Gasteiger partial charge in [0.2, 0.25) is 17.6 Å². The first-order chi connectivity index (χ1) is 12.6. The summed E-state index contributed by atoms with van der Waals surface area (Å²) in [6.45, 7) is 7.87. The van der Waals surface area contributed by atoms with E-state index in [2.05, 4.69) is 36.1 Å². The molecule has 2 aromatic rings. The smallest absolute Gasteiger partial charge is 0.241 e. The molecule has 0 aliphatic carbocycles.